The molecule has 1 aliphatic rings. The van der Waals surface area contributed by atoms with Crippen molar-refractivity contribution >= 4 is 17.7 Å². The zero-order chi connectivity index (χ0) is 14.8. The molecule has 1 aromatic heterocycles. The fourth-order valence-corrected chi connectivity index (χ4v) is 2.05. The van der Waals surface area contributed by atoms with E-state index in [-0.39, 0.29) is 12.2 Å². The molecule has 1 amide bonds. The van der Waals surface area contributed by atoms with Crippen LogP contribution in [-0.2, 0) is 4.74 Å². The fourth-order valence-electron chi connectivity index (χ4n) is 1.94. The van der Waals surface area contributed by atoms with E-state index in [1.165, 1.54) is 0 Å². The number of aromatic nitrogens is 1. The summed E-state index contributed by atoms with van der Waals surface area (Å²) in [6.45, 7) is 6.73. The summed E-state index contributed by atoms with van der Waals surface area (Å²) >= 11 is 5.72. The van der Waals surface area contributed by atoms with Crippen molar-refractivity contribution in [1.29, 1.82) is 0 Å². The number of ether oxygens (including phenoxy) is 2. The molecule has 1 saturated heterocycles. The van der Waals surface area contributed by atoms with Crippen LogP contribution in [0.3, 0.4) is 0 Å². The van der Waals surface area contributed by atoms with E-state index in [1.54, 1.807) is 23.2 Å². The standard InChI is InChI=1S/C14H19ClN2O3/c1-14(2,3)20-13(18)17-7-6-11(9-17)19-10-4-5-12(15)16-8-10/h4-5,8,11H,6-7,9H2,1-3H3. The Bertz CT molecular complexity index is 470. The van der Waals surface area contributed by atoms with Gasteiger partial charge < -0.3 is 14.4 Å². The first-order valence-corrected chi connectivity index (χ1v) is 6.97. The molecule has 0 radical (unpaired) electrons. The van der Waals surface area contributed by atoms with Crippen LogP contribution in [0.1, 0.15) is 27.2 Å². The van der Waals surface area contributed by atoms with Gasteiger partial charge in [0.25, 0.3) is 0 Å². The largest absolute Gasteiger partial charge is 0.487 e. The van der Waals surface area contributed by atoms with Crippen LogP contribution < -0.4 is 4.74 Å². The summed E-state index contributed by atoms with van der Waals surface area (Å²) in [5, 5.41) is 0.430. The number of likely N-dealkylation sites (tertiary alicyclic amines) is 1. The van der Waals surface area contributed by atoms with Crippen LogP contribution in [-0.4, -0.2) is 40.8 Å². The highest BCUT2D eigenvalue weighted by molar-refractivity contribution is 6.29. The smallest absolute Gasteiger partial charge is 0.410 e. The fraction of sp³-hybridized carbons (Fsp3) is 0.571. The number of rotatable bonds is 2. The second-order valence-corrected chi connectivity index (χ2v) is 6.16. The predicted octanol–water partition coefficient (Wildman–Crippen LogP) is 3.12. The Hall–Kier alpha value is -1.49. The number of pyridine rings is 1. The molecule has 0 aromatic carbocycles. The quantitative estimate of drug-likeness (QED) is 0.787. The molecule has 0 bridgehead atoms. The lowest BCUT2D eigenvalue weighted by Crippen LogP contribution is -2.36. The molecule has 2 rings (SSSR count). The van der Waals surface area contributed by atoms with Gasteiger partial charge in [-0.1, -0.05) is 11.6 Å². The van der Waals surface area contributed by atoms with Gasteiger partial charge in [-0.2, -0.15) is 0 Å². The highest BCUT2D eigenvalue weighted by Gasteiger charge is 2.30. The molecule has 6 heteroatoms. The van der Waals surface area contributed by atoms with Crippen molar-refractivity contribution in [2.45, 2.75) is 38.9 Å². The lowest BCUT2D eigenvalue weighted by molar-refractivity contribution is 0.0275. The molecule has 110 valence electrons. The van der Waals surface area contributed by atoms with Crippen LogP contribution in [0.5, 0.6) is 5.75 Å². The van der Waals surface area contributed by atoms with Crippen LogP contribution in [0.2, 0.25) is 5.15 Å². The van der Waals surface area contributed by atoms with Crippen molar-refractivity contribution in [1.82, 2.24) is 9.88 Å². The van der Waals surface area contributed by atoms with Gasteiger partial charge in [0, 0.05) is 13.0 Å². The van der Waals surface area contributed by atoms with Gasteiger partial charge in [-0.3, -0.25) is 0 Å². The molecule has 1 aromatic rings. The average molecular weight is 299 g/mol. The lowest BCUT2D eigenvalue weighted by atomic mass is 10.2. The number of hydrogen-bond donors (Lipinski definition) is 0. The molecular formula is C14H19ClN2O3. The van der Waals surface area contributed by atoms with E-state index in [1.807, 2.05) is 20.8 Å². The Morgan fingerprint density at radius 1 is 1.45 bits per heavy atom. The van der Waals surface area contributed by atoms with E-state index in [2.05, 4.69) is 4.98 Å². The Kier molecular flexibility index (Phi) is 4.38. The Balaban J connectivity index is 1.86. The number of carbonyl (C=O) groups excluding carboxylic acids is 1. The number of amides is 1. The molecule has 0 saturated carbocycles. The van der Waals surface area contributed by atoms with Crippen LogP contribution in [0.15, 0.2) is 18.3 Å². The SMILES string of the molecule is CC(C)(C)OC(=O)N1CCC(Oc2ccc(Cl)nc2)C1. The Labute approximate surface area is 123 Å². The zero-order valence-corrected chi connectivity index (χ0v) is 12.7. The molecule has 1 atom stereocenters. The average Bonchev–Trinajstić information content (AvgIpc) is 2.79. The predicted molar refractivity (Wildman–Crippen MR) is 76.1 cm³/mol. The normalized spacial score (nSPS) is 19.0. The highest BCUT2D eigenvalue weighted by atomic mass is 35.5. The first-order valence-electron chi connectivity index (χ1n) is 6.59. The van der Waals surface area contributed by atoms with E-state index in [9.17, 15) is 4.79 Å². The van der Waals surface area contributed by atoms with Crippen molar-refractivity contribution in [3.63, 3.8) is 0 Å². The summed E-state index contributed by atoms with van der Waals surface area (Å²) in [5.74, 6) is 0.658. The van der Waals surface area contributed by atoms with E-state index in [4.69, 9.17) is 21.1 Å². The summed E-state index contributed by atoms with van der Waals surface area (Å²) in [7, 11) is 0. The minimum Gasteiger partial charge on any atom is -0.487 e. The molecule has 0 aliphatic carbocycles. The van der Waals surface area contributed by atoms with Crippen molar-refractivity contribution in [2.24, 2.45) is 0 Å². The maximum absolute atomic E-state index is 11.9. The van der Waals surface area contributed by atoms with Crippen LogP contribution in [0.4, 0.5) is 4.79 Å². The van der Waals surface area contributed by atoms with Crippen molar-refractivity contribution in [3.05, 3.63) is 23.5 Å². The second kappa shape index (κ2) is 5.87. The second-order valence-electron chi connectivity index (χ2n) is 5.77. The van der Waals surface area contributed by atoms with Gasteiger partial charge in [-0.15, -0.1) is 0 Å². The molecule has 1 fully saturated rings. The van der Waals surface area contributed by atoms with Crippen LogP contribution in [0.25, 0.3) is 0 Å². The number of hydrogen-bond acceptors (Lipinski definition) is 4. The summed E-state index contributed by atoms with van der Waals surface area (Å²) in [4.78, 5) is 17.5. The van der Waals surface area contributed by atoms with Gasteiger partial charge in [0.2, 0.25) is 0 Å². The molecule has 1 aliphatic heterocycles. The number of carbonyl (C=O) groups is 1. The number of halogens is 1. The third kappa shape index (κ3) is 4.27. The van der Waals surface area contributed by atoms with E-state index >= 15 is 0 Å². The van der Waals surface area contributed by atoms with Gasteiger partial charge in [0.1, 0.15) is 22.6 Å². The molecule has 5 nitrogen and oxygen atoms in total. The summed E-state index contributed by atoms with van der Waals surface area (Å²) in [5.41, 5.74) is -0.476. The number of nitrogens with zero attached hydrogens (tertiary/aromatic N) is 2. The van der Waals surface area contributed by atoms with Crippen LogP contribution >= 0.6 is 11.6 Å². The van der Waals surface area contributed by atoms with Gasteiger partial charge in [0.15, 0.2) is 0 Å². The van der Waals surface area contributed by atoms with Crippen molar-refractivity contribution < 1.29 is 14.3 Å². The van der Waals surface area contributed by atoms with Gasteiger partial charge in [-0.05, 0) is 32.9 Å². The van der Waals surface area contributed by atoms with E-state index in [0.29, 0.717) is 24.0 Å². The summed E-state index contributed by atoms with van der Waals surface area (Å²) in [6, 6.07) is 3.45. The van der Waals surface area contributed by atoms with Crippen LogP contribution in [0, 0.1) is 0 Å². The van der Waals surface area contributed by atoms with Crippen molar-refractivity contribution in [2.75, 3.05) is 13.1 Å². The van der Waals surface area contributed by atoms with E-state index < -0.39 is 5.60 Å². The molecule has 0 spiro atoms. The first kappa shape index (κ1) is 14.9. The molecule has 1 unspecified atom stereocenters. The zero-order valence-electron chi connectivity index (χ0n) is 11.9. The first-order chi connectivity index (χ1) is 9.33. The topological polar surface area (TPSA) is 51.7 Å². The Morgan fingerprint density at radius 2 is 2.20 bits per heavy atom. The third-order valence-corrected chi connectivity index (χ3v) is 3.02. The summed E-state index contributed by atoms with van der Waals surface area (Å²) < 4.78 is 11.1. The van der Waals surface area contributed by atoms with Crippen molar-refractivity contribution in [3.8, 4) is 5.75 Å². The lowest BCUT2D eigenvalue weighted by Gasteiger charge is -2.24. The molecular weight excluding hydrogens is 280 g/mol. The van der Waals surface area contributed by atoms with Gasteiger partial charge in [-0.25, -0.2) is 9.78 Å². The molecule has 0 N–H and O–H groups in total. The minimum absolute atomic E-state index is 0.0366. The Morgan fingerprint density at radius 3 is 2.80 bits per heavy atom. The third-order valence-electron chi connectivity index (χ3n) is 2.80. The highest BCUT2D eigenvalue weighted by Crippen LogP contribution is 2.20. The van der Waals surface area contributed by atoms with Gasteiger partial charge >= 0.3 is 6.09 Å². The maximum Gasteiger partial charge on any atom is 0.410 e. The molecule has 2 heterocycles. The summed E-state index contributed by atoms with van der Waals surface area (Å²) in [6.07, 6.45) is 2.03. The molecule has 20 heavy (non-hydrogen) atoms. The minimum atomic E-state index is -0.476. The monoisotopic (exact) mass is 298 g/mol. The van der Waals surface area contributed by atoms with E-state index in [0.717, 1.165) is 6.42 Å². The maximum atomic E-state index is 11.9. The van der Waals surface area contributed by atoms with Gasteiger partial charge in [0.05, 0.1) is 12.7 Å².